The number of amides is 1. The summed E-state index contributed by atoms with van der Waals surface area (Å²) in [6, 6.07) is 7.94. The van der Waals surface area contributed by atoms with Crippen LogP contribution in [0, 0.1) is 13.8 Å². The summed E-state index contributed by atoms with van der Waals surface area (Å²) in [6.07, 6.45) is 3.44. The fraction of sp³-hybridized carbons (Fsp3) is 0.429. The molecule has 0 aliphatic heterocycles. The molecule has 1 aromatic carbocycles. The molecular formula is C21H26N4O3. The maximum absolute atomic E-state index is 12.1. The number of carboxylic acids is 1. The van der Waals surface area contributed by atoms with Gasteiger partial charge in [0.05, 0.1) is 5.52 Å². The van der Waals surface area contributed by atoms with E-state index in [0.717, 1.165) is 46.3 Å². The fourth-order valence-corrected chi connectivity index (χ4v) is 3.47. The molecular weight excluding hydrogens is 356 g/mol. The molecule has 1 amide bonds. The first-order chi connectivity index (χ1) is 13.5. The van der Waals surface area contributed by atoms with Crippen molar-refractivity contribution < 1.29 is 14.7 Å². The van der Waals surface area contributed by atoms with Gasteiger partial charge in [0, 0.05) is 36.2 Å². The van der Waals surface area contributed by atoms with Crippen molar-refractivity contribution in [3.8, 4) is 0 Å². The Balaban J connectivity index is 1.59. The first-order valence-corrected chi connectivity index (χ1v) is 9.69. The number of carboxylic acid groups (broad SMARTS) is 1. The normalized spacial score (nSPS) is 11.2. The molecule has 148 valence electrons. The lowest BCUT2D eigenvalue weighted by Crippen LogP contribution is -2.25. The highest BCUT2D eigenvalue weighted by molar-refractivity contribution is 5.92. The maximum atomic E-state index is 12.1. The molecule has 0 spiro atoms. The van der Waals surface area contributed by atoms with Crippen LogP contribution in [0.3, 0.4) is 0 Å². The lowest BCUT2D eigenvalue weighted by molar-refractivity contribution is -0.137. The number of benzene rings is 1. The number of aliphatic carboxylic acids is 1. The van der Waals surface area contributed by atoms with Crippen LogP contribution in [0.25, 0.3) is 16.6 Å². The summed E-state index contributed by atoms with van der Waals surface area (Å²) in [5.41, 5.74) is 4.75. The molecule has 0 fully saturated rings. The predicted molar refractivity (Wildman–Crippen MR) is 107 cm³/mol. The monoisotopic (exact) mass is 382 g/mol. The van der Waals surface area contributed by atoms with Gasteiger partial charge in [-0.15, -0.1) is 0 Å². The molecule has 0 unspecified atom stereocenters. The minimum atomic E-state index is -0.773. The van der Waals surface area contributed by atoms with E-state index in [0.29, 0.717) is 25.8 Å². The minimum Gasteiger partial charge on any atom is -0.481 e. The van der Waals surface area contributed by atoms with Crippen molar-refractivity contribution >= 4 is 28.4 Å². The lowest BCUT2D eigenvalue weighted by Gasteiger charge is -2.11. The first-order valence-electron chi connectivity index (χ1n) is 9.69. The summed E-state index contributed by atoms with van der Waals surface area (Å²) in [6.45, 7) is 4.58. The van der Waals surface area contributed by atoms with Gasteiger partial charge in [-0.05, 0) is 50.8 Å². The second-order valence-corrected chi connectivity index (χ2v) is 7.07. The molecule has 2 heterocycles. The summed E-state index contributed by atoms with van der Waals surface area (Å²) >= 11 is 0. The molecule has 3 aromatic rings. The number of hydrogen-bond acceptors (Lipinski definition) is 4. The highest BCUT2D eigenvalue weighted by Gasteiger charge is 2.14. The zero-order valence-corrected chi connectivity index (χ0v) is 16.4. The molecule has 0 atom stereocenters. The van der Waals surface area contributed by atoms with Gasteiger partial charge in [-0.1, -0.05) is 18.6 Å². The number of carbonyl (C=O) groups excluding carboxylic acids is 1. The van der Waals surface area contributed by atoms with E-state index >= 15 is 0 Å². The van der Waals surface area contributed by atoms with E-state index < -0.39 is 5.97 Å². The van der Waals surface area contributed by atoms with E-state index in [1.165, 1.54) is 0 Å². The van der Waals surface area contributed by atoms with E-state index in [4.69, 9.17) is 10.1 Å². The Labute approximate surface area is 163 Å². The standard InChI is InChI=1S/C21H26N4O3/c1-14-16(11-12-19(26)22-13-7-3-4-10-20(27)28)15(2)25-21(23-14)17-8-5-6-9-18(17)24-25/h5-6,8-9H,3-4,7,10-13H2,1-2H3,(H,22,26)(H,27,28). The average Bonchev–Trinajstić information content (AvgIpc) is 3.03. The minimum absolute atomic E-state index is 0.00255. The summed E-state index contributed by atoms with van der Waals surface area (Å²) in [5, 5.41) is 17.2. The Morgan fingerprint density at radius 1 is 1.11 bits per heavy atom. The van der Waals surface area contributed by atoms with Crippen molar-refractivity contribution in [3.63, 3.8) is 0 Å². The Morgan fingerprint density at radius 2 is 1.89 bits per heavy atom. The molecule has 0 saturated carbocycles. The topological polar surface area (TPSA) is 96.6 Å². The van der Waals surface area contributed by atoms with Crippen molar-refractivity contribution in [2.45, 2.75) is 52.4 Å². The van der Waals surface area contributed by atoms with E-state index in [2.05, 4.69) is 10.4 Å². The van der Waals surface area contributed by atoms with E-state index in [-0.39, 0.29) is 12.3 Å². The van der Waals surface area contributed by atoms with Crippen molar-refractivity contribution in [1.82, 2.24) is 19.9 Å². The van der Waals surface area contributed by atoms with E-state index in [1.54, 1.807) is 0 Å². The van der Waals surface area contributed by atoms with Gasteiger partial charge in [-0.25, -0.2) is 9.50 Å². The quantitative estimate of drug-likeness (QED) is 0.554. The van der Waals surface area contributed by atoms with Crippen LogP contribution in [-0.2, 0) is 16.0 Å². The van der Waals surface area contributed by atoms with Crippen molar-refractivity contribution in [2.24, 2.45) is 0 Å². The van der Waals surface area contributed by atoms with Gasteiger partial charge in [0.2, 0.25) is 5.91 Å². The van der Waals surface area contributed by atoms with Gasteiger partial charge in [-0.3, -0.25) is 9.59 Å². The largest absolute Gasteiger partial charge is 0.481 e. The predicted octanol–water partition coefficient (Wildman–Crippen LogP) is 3.19. The highest BCUT2D eigenvalue weighted by atomic mass is 16.4. The fourth-order valence-electron chi connectivity index (χ4n) is 3.47. The number of nitrogens with one attached hydrogen (secondary N) is 1. The Morgan fingerprint density at radius 3 is 2.68 bits per heavy atom. The number of hydrogen-bond donors (Lipinski definition) is 2. The number of carbonyl (C=O) groups is 2. The zero-order chi connectivity index (χ0) is 20.1. The van der Waals surface area contributed by atoms with Crippen LogP contribution in [0.4, 0.5) is 0 Å². The van der Waals surface area contributed by atoms with Crippen LogP contribution in [0.1, 0.15) is 49.1 Å². The van der Waals surface area contributed by atoms with Crippen LogP contribution in [0.2, 0.25) is 0 Å². The maximum Gasteiger partial charge on any atom is 0.303 e. The highest BCUT2D eigenvalue weighted by Crippen LogP contribution is 2.22. The molecule has 0 saturated heterocycles. The Hall–Kier alpha value is -2.96. The van der Waals surface area contributed by atoms with Gasteiger partial charge in [0.15, 0.2) is 5.65 Å². The zero-order valence-electron chi connectivity index (χ0n) is 16.4. The molecule has 0 radical (unpaired) electrons. The Bertz CT molecular complexity index is 1010. The number of nitrogens with zero attached hydrogens (tertiary/aromatic N) is 3. The van der Waals surface area contributed by atoms with Crippen molar-refractivity contribution in [2.75, 3.05) is 6.54 Å². The van der Waals surface area contributed by atoms with E-state index in [9.17, 15) is 9.59 Å². The lowest BCUT2D eigenvalue weighted by atomic mass is 10.1. The molecule has 0 aliphatic carbocycles. The second kappa shape index (κ2) is 8.82. The summed E-state index contributed by atoms with van der Waals surface area (Å²) in [7, 11) is 0. The molecule has 0 aliphatic rings. The third kappa shape index (κ3) is 4.47. The van der Waals surface area contributed by atoms with Crippen LogP contribution in [0.5, 0.6) is 0 Å². The number of fused-ring (bicyclic) bond motifs is 3. The molecule has 2 N–H and O–H groups in total. The molecule has 0 bridgehead atoms. The number of aryl methyl sites for hydroxylation is 2. The van der Waals surface area contributed by atoms with Crippen molar-refractivity contribution in [3.05, 3.63) is 41.2 Å². The summed E-state index contributed by atoms with van der Waals surface area (Å²) in [4.78, 5) is 27.3. The first kappa shape index (κ1) is 19.8. The van der Waals surface area contributed by atoms with Crippen LogP contribution < -0.4 is 5.32 Å². The number of rotatable bonds is 9. The molecule has 3 rings (SSSR count). The van der Waals surface area contributed by atoms with E-state index in [1.807, 2.05) is 42.6 Å². The Kier molecular flexibility index (Phi) is 6.23. The van der Waals surface area contributed by atoms with Crippen molar-refractivity contribution in [1.29, 1.82) is 0 Å². The van der Waals surface area contributed by atoms with Crippen LogP contribution in [0.15, 0.2) is 24.3 Å². The van der Waals surface area contributed by atoms with Gasteiger partial charge in [-0.2, -0.15) is 5.10 Å². The van der Waals surface area contributed by atoms with Gasteiger partial charge in [0.25, 0.3) is 0 Å². The van der Waals surface area contributed by atoms with Gasteiger partial charge < -0.3 is 10.4 Å². The number of unbranched alkanes of at least 4 members (excludes halogenated alkanes) is 2. The van der Waals surface area contributed by atoms with Crippen LogP contribution >= 0.6 is 0 Å². The SMILES string of the molecule is Cc1nc2c3ccccc3nn2c(C)c1CCC(=O)NCCCCCC(=O)O. The summed E-state index contributed by atoms with van der Waals surface area (Å²) < 4.78 is 1.87. The van der Waals surface area contributed by atoms with Crippen LogP contribution in [-0.4, -0.2) is 38.1 Å². The smallest absolute Gasteiger partial charge is 0.303 e. The summed E-state index contributed by atoms with van der Waals surface area (Å²) in [5.74, 6) is -0.770. The number of aromatic nitrogens is 3. The molecule has 2 aromatic heterocycles. The third-order valence-electron chi connectivity index (χ3n) is 5.01. The molecule has 7 nitrogen and oxygen atoms in total. The molecule has 7 heteroatoms. The van der Waals surface area contributed by atoms with Gasteiger partial charge in [0.1, 0.15) is 0 Å². The third-order valence-corrected chi connectivity index (χ3v) is 5.01. The van der Waals surface area contributed by atoms with Gasteiger partial charge >= 0.3 is 5.97 Å². The molecule has 28 heavy (non-hydrogen) atoms. The second-order valence-electron chi connectivity index (χ2n) is 7.07. The average molecular weight is 382 g/mol.